The van der Waals surface area contributed by atoms with Gasteiger partial charge in [-0.3, -0.25) is 9.78 Å². The van der Waals surface area contributed by atoms with Crippen LogP contribution in [0.15, 0.2) is 60.1 Å². The molecule has 1 aliphatic carbocycles. The highest BCUT2D eigenvalue weighted by Crippen LogP contribution is 2.46. The van der Waals surface area contributed by atoms with E-state index in [2.05, 4.69) is 24.1 Å². The molecular formula is C23H23N5O2. The number of nitrogens with one attached hydrogen (secondary N) is 1. The first-order valence-electron chi connectivity index (χ1n) is 9.99. The highest BCUT2D eigenvalue weighted by atomic mass is 16.5. The van der Waals surface area contributed by atoms with Gasteiger partial charge >= 0.3 is 0 Å². The van der Waals surface area contributed by atoms with Crippen molar-refractivity contribution in [1.29, 1.82) is 0 Å². The summed E-state index contributed by atoms with van der Waals surface area (Å²) < 4.78 is 7.25. The minimum absolute atomic E-state index is 0.0992. The zero-order chi connectivity index (χ0) is 20.9. The molecule has 0 spiro atoms. The van der Waals surface area contributed by atoms with Crippen LogP contribution in [0.2, 0.25) is 0 Å². The Morgan fingerprint density at radius 1 is 1.17 bits per heavy atom. The molecule has 152 valence electrons. The molecule has 0 saturated carbocycles. The molecule has 0 saturated heterocycles. The minimum Gasteiger partial charge on any atom is -0.497 e. The standard InChI is InChI=1S/C23H23N5O2/c1-23(2)12-17-19(18(29)13-23)20(15-5-4-6-16(11-15)30-3)28-22(25-17)26-21(27-28)14-7-9-24-10-8-14/h4-11,20H,12-13H2,1-3H3,(H,25,26,27). The normalized spacial score (nSPS) is 19.7. The van der Waals surface area contributed by atoms with Crippen LogP contribution in [0.5, 0.6) is 5.75 Å². The number of benzene rings is 1. The summed E-state index contributed by atoms with van der Waals surface area (Å²) in [6, 6.07) is 11.2. The zero-order valence-corrected chi connectivity index (χ0v) is 17.2. The third kappa shape index (κ3) is 3.07. The second-order valence-corrected chi connectivity index (χ2v) is 8.58. The number of ketones is 1. The van der Waals surface area contributed by atoms with E-state index >= 15 is 0 Å². The molecule has 0 fully saturated rings. The highest BCUT2D eigenvalue weighted by molar-refractivity contribution is 6.00. The molecule has 1 aromatic carbocycles. The maximum Gasteiger partial charge on any atom is 0.226 e. The number of Topliss-reactive ketones (excluding diaryl/α,β-unsaturated/α-hetero) is 1. The molecule has 1 N–H and O–H groups in total. The van der Waals surface area contributed by atoms with Crippen molar-refractivity contribution in [3.8, 4) is 17.1 Å². The van der Waals surface area contributed by atoms with Crippen LogP contribution < -0.4 is 10.1 Å². The fourth-order valence-corrected chi connectivity index (χ4v) is 4.35. The third-order valence-electron chi connectivity index (χ3n) is 5.68. The number of hydrogen-bond acceptors (Lipinski definition) is 6. The SMILES string of the molecule is COc1cccc(C2C3=C(CC(C)(C)CC3=O)Nc3nc(-c4ccncc4)nn32)c1. The van der Waals surface area contributed by atoms with E-state index in [-0.39, 0.29) is 17.2 Å². The summed E-state index contributed by atoms with van der Waals surface area (Å²) in [5.74, 6) is 2.12. The van der Waals surface area contributed by atoms with Gasteiger partial charge < -0.3 is 10.1 Å². The van der Waals surface area contributed by atoms with Crippen LogP contribution in [0.25, 0.3) is 11.4 Å². The number of anilines is 1. The average molecular weight is 401 g/mol. The maximum atomic E-state index is 13.3. The molecule has 30 heavy (non-hydrogen) atoms. The molecule has 2 aliphatic rings. The van der Waals surface area contributed by atoms with Crippen LogP contribution in [0.4, 0.5) is 5.95 Å². The number of nitrogens with zero attached hydrogens (tertiary/aromatic N) is 4. The van der Waals surface area contributed by atoms with Crippen molar-refractivity contribution in [2.45, 2.75) is 32.7 Å². The van der Waals surface area contributed by atoms with Crippen molar-refractivity contribution in [3.63, 3.8) is 0 Å². The van der Waals surface area contributed by atoms with E-state index in [4.69, 9.17) is 14.8 Å². The summed E-state index contributed by atoms with van der Waals surface area (Å²) in [7, 11) is 1.64. The van der Waals surface area contributed by atoms with Gasteiger partial charge in [0, 0.05) is 35.6 Å². The molecule has 3 heterocycles. The van der Waals surface area contributed by atoms with E-state index in [1.54, 1.807) is 19.5 Å². The fourth-order valence-electron chi connectivity index (χ4n) is 4.35. The molecule has 0 radical (unpaired) electrons. The van der Waals surface area contributed by atoms with Gasteiger partial charge in [-0.15, -0.1) is 5.10 Å². The Morgan fingerprint density at radius 2 is 1.97 bits per heavy atom. The minimum atomic E-state index is -0.349. The van der Waals surface area contributed by atoms with Crippen molar-refractivity contribution in [3.05, 3.63) is 65.6 Å². The lowest BCUT2D eigenvalue weighted by atomic mass is 9.73. The summed E-state index contributed by atoms with van der Waals surface area (Å²) >= 11 is 0. The van der Waals surface area contributed by atoms with Gasteiger partial charge in [-0.05, 0) is 41.7 Å². The maximum absolute atomic E-state index is 13.3. The average Bonchev–Trinajstić information content (AvgIpc) is 3.15. The first-order valence-corrected chi connectivity index (χ1v) is 9.99. The smallest absolute Gasteiger partial charge is 0.226 e. The van der Waals surface area contributed by atoms with Crippen molar-refractivity contribution in [2.24, 2.45) is 5.41 Å². The van der Waals surface area contributed by atoms with Gasteiger partial charge in [0.1, 0.15) is 11.8 Å². The van der Waals surface area contributed by atoms with Crippen LogP contribution in [0, 0.1) is 5.41 Å². The second-order valence-electron chi connectivity index (χ2n) is 8.58. The first kappa shape index (κ1) is 18.5. The molecule has 0 bridgehead atoms. The van der Waals surface area contributed by atoms with Gasteiger partial charge in [0.2, 0.25) is 5.95 Å². The number of ether oxygens (including phenoxy) is 1. The Bertz CT molecular complexity index is 1160. The molecule has 3 aromatic rings. The molecule has 1 atom stereocenters. The Kier molecular flexibility index (Phi) is 4.20. The monoisotopic (exact) mass is 401 g/mol. The summed E-state index contributed by atoms with van der Waals surface area (Å²) in [6.07, 6.45) is 4.73. The van der Waals surface area contributed by atoms with Gasteiger partial charge in [0.25, 0.3) is 0 Å². The number of hydrogen-bond donors (Lipinski definition) is 1. The number of aromatic nitrogens is 4. The molecule has 7 heteroatoms. The van der Waals surface area contributed by atoms with E-state index < -0.39 is 0 Å². The number of pyridine rings is 1. The number of carbonyl (C=O) groups is 1. The number of methoxy groups -OCH3 is 1. The summed E-state index contributed by atoms with van der Waals surface area (Å²) in [5, 5.41) is 8.19. The lowest BCUT2D eigenvalue weighted by molar-refractivity contribution is -0.118. The molecule has 7 nitrogen and oxygen atoms in total. The summed E-state index contributed by atoms with van der Waals surface area (Å²) in [6.45, 7) is 4.25. The second kappa shape index (κ2) is 6.79. The van der Waals surface area contributed by atoms with Crippen molar-refractivity contribution in [1.82, 2.24) is 19.7 Å². The zero-order valence-electron chi connectivity index (χ0n) is 17.2. The summed E-state index contributed by atoms with van der Waals surface area (Å²) in [4.78, 5) is 22.1. The van der Waals surface area contributed by atoms with Gasteiger partial charge in [-0.2, -0.15) is 4.98 Å². The highest BCUT2D eigenvalue weighted by Gasteiger charge is 2.42. The van der Waals surface area contributed by atoms with E-state index in [0.717, 1.165) is 34.6 Å². The Morgan fingerprint density at radius 3 is 2.73 bits per heavy atom. The van der Waals surface area contributed by atoms with Crippen molar-refractivity contribution < 1.29 is 9.53 Å². The molecule has 1 aliphatic heterocycles. The lowest BCUT2D eigenvalue weighted by Crippen LogP contribution is -2.36. The van der Waals surface area contributed by atoms with E-state index in [1.165, 1.54) is 0 Å². The fraction of sp³-hybridized carbons (Fsp3) is 0.304. The van der Waals surface area contributed by atoms with Gasteiger partial charge in [0.15, 0.2) is 11.6 Å². The van der Waals surface area contributed by atoms with Crippen LogP contribution in [0.1, 0.15) is 38.3 Å². The first-order chi connectivity index (χ1) is 14.4. The number of fused-ring (bicyclic) bond motifs is 1. The van der Waals surface area contributed by atoms with Crippen LogP contribution >= 0.6 is 0 Å². The predicted octanol–water partition coefficient (Wildman–Crippen LogP) is 4.01. The lowest BCUT2D eigenvalue weighted by Gasteiger charge is -2.38. The van der Waals surface area contributed by atoms with Gasteiger partial charge in [-0.1, -0.05) is 26.0 Å². The molecule has 0 amide bonds. The van der Waals surface area contributed by atoms with Gasteiger partial charge in [0.05, 0.1) is 7.11 Å². The van der Waals surface area contributed by atoms with Gasteiger partial charge in [-0.25, -0.2) is 4.68 Å². The van der Waals surface area contributed by atoms with Crippen LogP contribution in [-0.2, 0) is 4.79 Å². The Hall–Kier alpha value is -3.48. The Balaban J connectivity index is 1.69. The van der Waals surface area contributed by atoms with Crippen LogP contribution in [-0.4, -0.2) is 32.6 Å². The number of allylic oxidation sites excluding steroid dienone is 2. The van der Waals surface area contributed by atoms with Crippen LogP contribution in [0.3, 0.4) is 0 Å². The van der Waals surface area contributed by atoms with E-state index in [0.29, 0.717) is 18.2 Å². The van der Waals surface area contributed by atoms with Crippen molar-refractivity contribution >= 4 is 11.7 Å². The molecule has 2 aromatic heterocycles. The quantitative estimate of drug-likeness (QED) is 0.714. The Labute approximate surface area is 174 Å². The van der Waals surface area contributed by atoms with E-state index in [1.807, 2.05) is 41.1 Å². The topological polar surface area (TPSA) is 81.9 Å². The third-order valence-corrected chi connectivity index (χ3v) is 5.68. The molecule has 1 unspecified atom stereocenters. The molecular weight excluding hydrogens is 378 g/mol. The van der Waals surface area contributed by atoms with Crippen molar-refractivity contribution in [2.75, 3.05) is 12.4 Å². The van der Waals surface area contributed by atoms with E-state index in [9.17, 15) is 4.79 Å². The number of carbonyl (C=O) groups excluding carboxylic acids is 1. The largest absolute Gasteiger partial charge is 0.497 e. The molecule has 5 rings (SSSR count). The summed E-state index contributed by atoms with van der Waals surface area (Å²) in [5.41, 5.74) is 3.43. The number of rotatable bonds is 3. The predicted molar refractivity (Wildman–Crippen MR) is 113 cm³/mol.